The van der Waals surface area contributed by atoms with Crippen LogP contribution in [0.5, 0.6) is 0 Å². The molecule has 0 aromatic heterocycles. The lowest BCUT2D eigenvalue weighted by atomic mass is 10.4. The van der Waals surface area contributed by atoms with Crippen LogP contribution in [0.4, 0.5) is 0 Å². The van der Waals surface area contributed by atoms with Gasteiger partial charge in [0.2, 0.25) is 0 Å². The second-order valence-electron chi connectivity index (χ2n) is 3.92. The Bertz CT molecular complexity index is 101. The van der Waals surface area contributed by atoms with Crippen molar-refractivity contribution in [1.82, 2.24) is 9.80 Å². The molecule has 0 aromatic rings. The molecule has 15 heavy (non-hydrogen) atoms. The molecular weight excluding hydrogens is 184 g/mol. The van der Waals surface area contributed by atoms with E-state index in [1.54, 1.807) is 0 Å². The largest absolute Gasteiger partial charge is 0.307 e. The molecule has 0 amide bonds. The minimum absolute atomic E-state index is 1.17. The Hall–Kier alpha value is -0.0800. The molecule has 0 atom stereocenters. The lowest BCUT2D eigenvalue weighted by molar-refractivity contribution is 0.304. The van der Waals surface area contributed by atoms with Crippen LogP contribution in [-0.4, -0.2) is 49.6 Å². The quantitative estimate of drug-likeness (QED) is 0.645. The maximum absolute atomic E-state index is 2.43. The van der Waals surface area contributed by atoms with Crippen molar-refractivity contribution in [3.8, 4) is 0 Å². The van der Waals surface area contributed by atoms with Crippen molar-refractivity contribution in [2.45, 2.75) is 47.5 Å². The van der Waals surface area contributed by atoms with Gasteiger partial charge in [-0.05, 0) is 52.6 Å². The van der Waals surface area contributed by atoms with E-state index in [2.05, 4.69) is 51.5 Å². The van der Waals surface area contributed by atoms with Crippen molar-refractivity contribution in [1.29, 1.82) is 0 Å². The molecule has 0 saturated carbocycles. The molecule has 0 radical (unpaired) electrons. The molecule has 0 rings (SSSR count). The van der Waals surface area contributed by atoms with Crippen molar-refractivity contribution in [3.05, 3.63) is 0 Å². The van der Waals surface area contributed by atoms with E-state index in [9.17, 15) is 0 Å². The smallest absolute Gasteiger partial charge is 0.00216 e. The Morgan fingerprint density at radius 3 is 1.27 bits per heavy atom. The molecule has 0 saturated heterocycles. The van der Waals surface area contributed by atoms with Crippen molar-refractivity contribution >= 4 is 0 Å². The summed E-state index contributed by atoms with van der Waals surface area (Å²) in [5.74, 6) is 0. The predicted molar refractivity (Wildman–Crippen MR) is 71.5 cm³/mol. The summed E-state index contributed by atoms with van der Waals surface area (Å²) in [5.41, 5.74) is 0. The van der Waals surface area contributed by atoms with E-state index in [0.717, 1.165) is 0 Å². The first-order chi connectivity index (χ1) is 7.15. The Labute approximate surface area is 97.6 Å². The molecule has 0 heterocycles. The van der Waals surface area contributed by atoms with Gasteiger partial charge in [-0.1, -0.05) is 34.6 Å². The van der Waals surface area contributed by atoms with Gasteiger partial charge < -0.3 is 9.80 Å². The van der Waals surface area contributed by atoms with Crippen LogP contribution in [-0.2, 0) is 0 Å². The van der Waals surface area contributed by atoms with E-state index in [4.69, 9.17) is 0 Å². The van der Waals surface area contributed by atoms with Gasteiger partial charge in [0.25, 0.3) is 0 Å². The molecule has 94 valence electrons. The van der Waals surface area contributed by atoms with Gasteiger partial charge in [-0.3, -0.25) is 0 Å². The van der Waals surface area contributed by atoms with Gasteiger partial charge >= 0.3 is 0 Å². The van der Waals surface area contributed by atoms with Gasteiger partial charge in [0.1, 0.15) is 0 Å². The highest BCUT2D eigenvalue weighted by molar-refractivity contribution is 4.47. The third-order valence-corrected chi connectivity index (χ3v) is 2.58. The molecule has 0 unspecified atom stereocenters. The lowest BCUT2D eigenvalue weighted by Crippen LogP contribution is -2.23. The van der Waals surface area contributed by atoms with Crippen LogP contribution < -0.4 is 0 Å². The summed E-state index contributed by atoms with van der Waals surface area (Å²) < 4.78 is 0. The summed E-state index contributed by atoms with van der Waals surface area (Å²) >= 11 is 0. The van der Waals surface area contributed by atoms with Gasteiger partial charge in [0, 0.05) is 0 Å². The molecule has 0 fully saturated rings. The molecule has 0 N–H and O–H groups in total. The third kappa shape index (κ3) is 13.9. The van der Waals surface area contributed by atoms with Crippen LogP contribution in [0.1, 0.15) is 47.5 Å². The maximum atomic E-state index is 2.43. The molecule has 0 aliphatic rings. The summed E-state index contributed by atoms with van der Waals surface area (Å²) in [6.45, 7) is 17.1. The Balaban J connectivity index is 0. The average Bonchev–Trinajstić information content (AvgIpc) is 2.27. The Morgan fingerprint density at radius 1 is 0.667 bits per heavy atom. The Morgan fingerprint density at radius 2 is 1.13 bits per heavy atom. The van der Waals surface area contributed by atoms with Crippen LogP contribution in [0, 0.1) is 0 Å². The highest BCUT2D eigenvalue weighted by Gasteiger charge is 1.92. The number of nitrogens with zero attached hydrogens (tertiary/aromatic N) is 2. The minimum Gasteiger partial charge on any atom is -0.307 e. The fraction of sp³-hybridized carbons (Fsp3) is 1.00. The zero-order valence-corrected chi connectivity index (χ0v) is 11.8. The summed E-state index contributed by atoms with van der Waals surface area (Å²) in [6, 6.07) is 0. The highest BCUT2D eigenvalue weighted by Crippen LogP contribution is 1.87. The summed E-state index contributed by atoms with van der Waals surface area (Å²) in [6.07, 6.45) is 2.55. The molecule has 0 aromatic carbocycles. The fourth-order valence-electron chi connectivity index (χ4n) is 1.40. The van der Waals surface area contributed by atoms with Crippen molar-refractivity contribution in [2.75, 3.05) is 39.8 Å². The van der Waals surface area contributed by atoms with Gasteiger partial charge in [-0.25, -0.2) is 0 Å². The van der Waals surface area contributed by atoms with Crippen LogP contribution in [0.2, 0.25) is 0 Å². The zero-order valence-electron chi connectivity index (χ0n) is 11.8. The summed E-state index contributed by atoms with van der Waals surface area (Å²) in [5, 5.41) is 0. The average molecular weight is 216 g/mol. The third-order valence-electron chi connectivity index (χ3n) is 2.58. The fourth-order valence-corrected chi connectivity index (χ4v) is 1.40. The molecule has 2 nitrogen and oxygen atoms in total. The summed E-state index contributed by atoms with van der Waals surface area (Å²) in [7, 11) is 2.14. The lowest BCUT2D eigenvalue weighted by Gasteiger charge is -2.15. The van der Waals surface area contributed by atoms with E-state index in [1.165, 1.54) is 45.6 Å². The standard InChI is InChI=1S/C7H17N.C6H15N/c1-4-7-8(5-2)6-3;1-4-6-7(3)5-2/h4-7H2,1-3H3;4-6H2,1-3H3. The first-order valence-corrected chi connectivity index (χ1v) is 6.56. The molecule has 0 aliphatic carbocycles. The number of hydrogen-bond donors (Lipinski definition) is 0. The molecule has 2 heteroatoms. The normalized spacial score (nSPS) is 10.4. The van der Waals surface area contributed by atoms with E-state index in [1.807, 2.05) is 0 Å². The number of hydrogen-bond acceptors (Lipinski definition) is 2. The van der Waals surface area contributed by atoms with Crippen molar-refractivity contribution < 1.29 is 0 Å². The van der Waals surface area contributed by atoms with E-state index < -0.39 is 0 Å². The molecular formula is C13H32N2. The van der Waals surface area contributed by atoms with Crippen molar-refractivity contribution in [2.24, 2.45) is 0 Å². The topological polar surface area (TPSA) is 6.48 Å². The van der Waals surface area contributed by atoms with Gasteiger partial charge in [-0.2, -0.15) is 0 Å². The number of rotatable bonds is 7. The van der Waals surface area contributed by atoms with E-state index >= 15 is 0 Å². The highest BCUT2D eigenvalue weighted by atomic mass is 15.1. The van der Waals surface area contributed by atoms with Gasteiger partial charge in [0.05, 0.1) is 0 Å². The monoisotopic (exact) mass is 216 g/mol. The summed E-state index contributed by atoms with van der Waals surface area (Å²) in [4.78, 5) is 4.74. The first-order valence-electron chi connectivity index (χ1n) is 6.56. The maximum Gasteiger partial charge on any atom is -0.00216 e. The second-order valence-corrected chi connectivity index (χ2v) is 3.92. The molecule has 0 aliphatic heterocycles. The van der Waals surface area contributed by atoms with E-state index in [0.29, 0.717) is 0 Å². The predicted octanol–water partition coefficient (Wildman–Crippen LogP) is 3.09. The van der Waals surface area contributed by atoms with Crippen LogP contribution >= 0.6 is 0 Å². The van der Waals surface area contributed by atoms with Gasteiger partial charge in [-0.15, -0.1) is 0 Å². The van der Waals surface area contributed by atoms with Crippen LogP contribution in [0.15, 0.2) is 0 Å². The zero-order chi connectivity index (χ0) is 12.1. The van der Waals surface area contributed by atoms with E-state index in [-0.39, 0.29) is 0 Å². The minimum atomic E-state index is 1.17. The Kier molecular flexibility index (Phi) is 16.1. The first kappa shape index (κ1) is 17.3. The van der Waals surface area contributed by atoms with Crippen molar-refractivity contribution in [3.63, 3.8) is 0 Å². The molecule has 0 spiro atoms. The van der Waals surface area contributed by atoms with Crippen LogP contribution in [0.25, 0.3) is 0 Å². The SMILES string of the molecule is CCCN(C)CC.CCCN(CC)CC. The van der Waals surface area contributed by atoms with Gasteiger partial charge in [0.15, 0.2) is 0 Å². The molecule has 0 bridgehead atoms. The van der Waals surface area contributed by atoms with Crippen LogP contribution in [0.3, 0.4) is 0 Å². The second kappa shape index (κ2) is 13.9.